The van der Waals surface area contributed by atoms with E-state index in [4.69, 9.17) is 4.52 Å². The number of carbonyl (C=O) groups excluding carboxylic acids is 2. The number of nitrogens with one attached hydrogen (secondary N) is 3. The molecular formula is C28H35N5O3. The molecule has 2 fully saturated rings. The first-order chi connectivity index (χ1) is 17.3. The minimum absolute atomic E-state index is 0.0437. The first kappa shape index (κ1) is 24.3. The molecule has 2 saturated carbocycles. The minimum atomic E-state index is -0.624. The summed E-state index contributed by atoms with van der Waals surface area (Å²) in [6, 6.07) is 7.14. The average Bonchev–Trinajstić information content (AvgIpc) is 3.26. The van der Waals surface area contributed by atoms with Gasteiger partial charge in [-0.15, -0.1) is 0 Å². The van der Waals surface area contributed by atoms with Gasteiger partial charge < -0.3 is 15.2 Å². The van der Waals surface area contributed by atoms with Crippen LogP contribution in [0.3, 0.4) is 0 Å². The lowest BCUT2D eigenvalue weighted by Gasteiger charge is -2.33. The summed E-state index contributed by atoms with van der Waals surface area (Å²) in [7, 11) is 0. The number of nitrogens with zero attached hydrogens (tertiary/aromatic N) is 2. The van der Waals surface area contributed by atoms with Crippen LogP contribution in [0.2, 0.25) is 0 Å². The lowest BCUT2D eigenvalue weighted by atomic mass is 9.76. The summed E-state index contributed by atoms with van der Waals surface area (Å²) in [5, 5.41) is 17.4. The topological polar surface area (TPSA) is 113 Å². The molecule has 2 amide bonds. The third-order valence-electron chi connectivity index (χ3n) is 8.05. The highest BCUT2D eigenvalue weighted by Gasteiger charge is 2.47. The molecule has 1 aromatic carbocycles. The first-order valence-corrected chi connectivity index (χ1v) is 12.9. The summed E-state index contributed by atoms with van der Waals surface area (Å²) in [6.45, 7) is 7.89. The Morgan fingerprint density at radius 1 is 1.08 bits per heavy atom. The molecule has 1 atom stereocenters. The second-order valence-electron chi connectivity index (χ2n) is 10.9. The Kier molecular flexibility index (Phi) is 6.45. The number of rotatable bonds is 7. The van der Waals surface area contributed by atoms with Crippen LogP contribution in [-0.4, -0.2) is 33.2 Å². The van der Waals surface area contributed by atoms with Gasteiger partial charge in [0.15, 0.2) is 0 Å². The lowest BCUT2D eigenvalue weighted by molar-refractivity contribution is -0.119. The average molecular weight is 490 g/mol. The fraction of sp³-hybridized carbons (Fsp3) is 0.500. The second kappa shape index (κ2) is 9.56. The van der Waals surface area contributed by atoms with Crippen LogP contribution in [0.1, 0.15) is 85.7 Å². The Hall–Kier alpha value is -3.42. The molecule has 3 N–H and O–H groups in total. The van der Waals surface area contributed by atoms with Crippen LogP contribution >= 0.6 is 0 Å². The number of carbonyl (C=O) groups is 2. The van der Waals surface area contributed by atoms with Crippen LogP contribution in [0.4, 0.5) is 5.69 Å². The highest BCUT2D eigenvalue weighted by Crippen LogP contribution is 2.57. The van der Waals surface area contributed by atoms with Crippen LogP contribution in [0, 0.1) is 25.2 Å². The third-order valence-corrected chi connectivity index (χ3v) is 8.05. The zero-order chi connectivity index (χ0) is 25.4. The smallest absolute Gasteiger partial charge is 0.257 e. The van der Waals surface area contributed by atoms with Gasteiger partial charge in [0.05, 0.1) is 11.4 Å². The van der Waals surface area contributed by atoms with Crippen LogP contribution in [0.15, 0.2) is 35.1 Å². The molecule has 8 nitrogen and oxygen atoms in total. The zero-order valence-electron chi connectivity index (χ0n) is 21.5. The monoisotopic (exact) mass is 489 g/mol. The van der Waals surface area contributed by atoms with Gasteiger partial charge in [-0.2, -0.15) is 5.10 Å². The van der Waals surface area contributed by atoms with E-state index in [1.165, 1.54) is 19.1 Å². The molecule has 36 heavy (non-hydrogen) atoms. The van der Waals surface area contributed by atoms with Gasteiger partial charge in [0.2, 0.25) is 5.91 Å². The fourth-order valence-electron chi connectivity index (χ4n) is 5.63. The molecule has 5 rings (SSSR count). The summed E-state index contributed by atoms with van der Waals surface area (Å²) in [6.07, 6.45) is 8.10. The van der Waals surface area contributed by atoms with Gasteiger partial charge in [0, 0.05) is 16.9 Å². The van der Waals surface area contributed by atoms with Crippen molar-refractivity contribution in [1.29, 1.82) is 0 Å². The van der Waals surface area contributed by atoms with E-state index in [9.17, 15) is 9.59 Å². The van der Waals surface area contributed by atoms with Crippen LogP contribution in [-0.2, 0) is 4.79 Å². The summed E-state index contributed by atoms with van der Waals surface area (Å²) in [5.74, 6) is -0.362. The summed E-state index contributed by atoms with van der Waals surface area (Å²) in [4.78, 5) is 26.8. The molecule has 0 bridgehead atoms. The maximum absolute atomic E-state index is 13.6. The van der Waals surface area contributed by atoms with E-state index in [0.29, 0.717) is 22.4 Å². The van der Waals surface area contributed by atoms with Crippen molar-refractivity contribution in [3.8, 4) is 11.1 Å². The van der Waals surface area contributed by atoms with Gasteiger partial charge >= 0.3 is 0 Å². The van der Waals surface area contributed by atoms with Gasteiger partial charge in [0.25, 0.3) is 5.91 Å². The molecule has 0 saturated heterocycles. The standard InChI is InChI=1S/C28H35N5O3/c1-16(2)24-22(15-36-33-24)26(34)30-25(20-9-11-28(12-10-20)13-14-28)27(35)29-21-7-5-19(6-8-21)23-17(3)31-32-18(23)4/h5-8,15-16,20,25H,9-14H2,1-4H3,(H,29,35)(H,30,34)(H,31,32)/t25-/m0/s1. The van der Waals surface area contributed by atoms with E-state index in [-0.39, 0.29) is 23.7 Å². The molecule has 8 heteroatoms. The Morgan fingerprint density at radius 2 is 1.78 bits per heavy atom. The van der Waals surface area contributed by atoms with E-state index in [0.717, 1.165) is 48.2 Å². The van der Waals surface area contributed by atoms with Crippen molar-refractivity contribution >= 4 is 17.5 Å². The second-order valence-corrected chi connectivity index (χ2v) is 10.9. The lowest BCUT2D eigenvalue weighted by Crippen LogP contribution is -2.49. The Balaban J connectivity index is 1.33. The van der Waals surface area contributed by atoms with Crippen molar-refractivity contribution in [2.45, 2.75) is 78.2 Å². The maximum Gasteiger partial charge on any atom is 0.257 e. The highest BCUT2D eigenvalue weighted by atomic mass is 16.5. The van der Waals surface area contributed by atoms with Crippen molar-refractivity contribution < 1.29 is 14.1 Å². The minimum Gasteiger partial charge on any atom is -0.364 e. The number of benzene rings is 1. The molecule has 0 unspecified atom stereocenters. The first-order valence-electron chi connectivity index (χ1n) is 12.9. The van der Waals surface area contributed by atoms with E-state index in [2.05, 4.69) is 26.0 Å². The molecule has 1 spiro atoms. The number of hydrogen-bond donors (Lipinski definition) is 3. The molecule has 0 radical (unpaired) electrons. The normalized spacial score (nSPS) is 17.8. The summed E-state index contributed by atoms with van der Waals surface area (Å²) < 4.78 is 5.09. The van der Waals surface area contributed by atoms with E-state index >= 15 is 0 Å². The van der Waals surface area contributed by atoms with Gasteiger partial charge in [-0.3, -0.25) is 14.7 Å². The van der Waals surface area contributed by atoms with Crippen LogP contribution < -0.4 is 10.6 Å². The Labute approximate surface area is 211 Å². The SMILES string of the molecule is Cc1n[nH]c(C)c1-c1ccc(NC(=O)[C@@H](NC(=O)c2conc2C(C)C)C2CCC3(CC2)CC3)cc1. The fourth-order valence-corrected chi connectivity index (χ4v) is 5.63. The molecule has 3 aromatic rings. The number of aryl methyl sites for hydroxylation is 2. The maximum atomic E-state index is 13.6. The number of anilines is 1. The predicted octanol–water partition coefficient (Wildman–Crippen LogP) is 5.51. The van der Waals surface area contributed by atoms with E-state index in [1.54, 1.807) is 0 Å². The van der Waals surface area contributed by atoms with Crippen LogP contribution in [0.5, 0.6) is 0 Å². The highest BCUT2D eigenvalue weighted by molar-refractivity contribution is 6.01. The van der Waals surface area contributed by atoms with Gasteiger partial charge in [0.1, 0.15) is 17.9 Å². The van der Waals surface area contributed by atoms with Crippen molar-refractivity contribution in [3.05, 3.63) is 53.2 Å². The van der Waals surface area contributed by atoms with Gasteiger partial charge in [-0.25, -0.2) is 0 Å². The largest absolute Gasteiger partial charge is 0.364 e. The quantitative estimate of drug-likeness (QED) is 0.405. The van der Waals surface area contributed by atoms with E-state index < -0.39 is 6.04 Å². The Bertz CT molecular complexity index is 1220. The molecule has 2 aliphatic carbocycles. The van der Waals surface area contributed by atoms with Crippen molar-refractivity contribution in [2.24, 2.45) is 11.3 Å². The number of hydrogen-bond acceptors (Lipinski definition) is 5. The van der Waals surface area contributed by atoms with Crippen molar-refractivity contribution in [3.63, 3.8) is 0 Å². The Morgan fingerprint density at radius 3 is 2.36 bits per heavy atom. The summed E-state index contributed by atoms with van der Waals surface area (Å²) in [5.41, 5.74) is 6.25. The molecule has 2 aromatic heterocycles. The van der Waals surface area contributed by atoms with Gasteiger partial charge in [-0.1, -0.05) is 31.1 Å². The van der Waals surface area contributed by atoms with Gasteiger partial charge in [-0.05, 0) is 87.3 Å². The molecule has 190 valence electrons. The molecule has 2 heterocycles. The zero-order valence-corrected chi connectivity index (χ0v) is 21.5. The number of H-pyrrole nitrogens is 1. The van der Waals surface area contributed by atoms with E-state index in [1.807, 2.05) is 52.0 Å². The van der Waals surface area contributed by atoms with Crippen molar-refractivity contribution in [2.75, 3.05) is 5.32 Å². The number of aromatic amines is 1. The number of amides is 2. The number of aromatic nitrogens is 3. The predicted molar refractivity (Wildman–Crippen MR) is 138 cm³/mol. The summed E-state index contributed by atoms with van der Waals surface area (Å²) >= 11 is 0. The van der Waals surface area contributed by atoms with Crippen LogP contribution in [0.25, 0.3) is 11.1 Å². The third kappa shape index (κ3) is 4.81. The molecular weight excluding hydrogens is 454 g/mol. The van der Waals surface area contributed by atoms with Crippen molar-refractivity contribution in [1.82, 2.24) is 20.7 Å². The molecule has 2 aliphatic rings. The molecule has 0 aliphatic heterocycles.